The highest BCUT2D eigenvalue weighted by molar-refractivity contribution is 7.98. The van der Waals surface area contributed by atoms with Crippen molar-refractivity contribution in [3.05, 3.63) is 34.8 Å². The maximum Gasteiger partial charge on any atom is 0.265 e. The van der Waals surface area contributed by atoms with E-state index >= 15 is 0 Å². The van der Waals surface area contributed by atoms with Crippen molar-refractivity contribution in [1.29, 1.82) is 0 Å². The number of carbonyl (C=O) groups excluding carboxylic acids is 1. The number of carbonyl (C=O) groups is 1. The molecule has 29 heavy (non-hydrogen) atoms. The average Bonchev–Trinajstić information content (AvgIpc) is 2.97. The van der Waals surface area contributed by atoms with Gasteiger partial charge in [0.05, 0.1) is 5.69 Å². The number of nitrogens with zero attached hydrogens (tertiary/aromatic N) is 3. The Morgan fingerprint density at radius 1 is 1.10 bits per heavy atom. The van der Waals surface area contributed by atoms with Gasteiger partial charge < -0.3 is 9.80 Å². The van der Waals surface area contributed by atoms with E-state index in [1.165, 1.54) is 43.7 Å². The minimum Gasteiger partial charge on any atom is -0.338 e. The Balaban J connectivity index is 1.42. The lowest BCUT2D eigenvalue weighted by Gasteiger charge is -2.38. The highest BCUT2D eigenvalue weighted by atomic mass is 32.2. The van der Waals surface area contributed by atoms with Gasteiger partial charge in [0.25, 0.3) is 5.91 Å². The number of thiazole rings is 1. The van der Waals surface area contributed by atoms with Gasteiger partial charge in [-0.2, -0.15) is 0 Å². The van der Waals surface area contributed by atoms with Crippen LogP contribution in [0.15, 0.2) is 29.2 Å². The normalized spacial score (nSPS) is 19.3. The molecular formula is C23H31N3OS2. The van der Waals surface area contributed by atoms with Crippen LogP contribution >= 0.6 is 23.1 Å². The lowest BCUT2D eigenvalue weighted by Crippen LogP contribution is -2.47. The first kappa shape index (κ1) is 20.9. The summed E-state index contributed by atoms with van der Waals surface area (Å²) in [4.78, 5) is 24.7. The molecule has 0 radical (unpaired) electrons. The van der Waals surface area contributed by atoms with Gasteiger partial charge in [-0.05, 0) is 64.1 Å². The Hall–Kier alpha value is -1.37. The standard InChI is InChI=1S/C23H31N3OS2/c1-17-21(29-22(24-17)18-8-7-9-20(16-18)28-2)23(27)26-14-10-19(11-15-26)25-12-5-3-4-6-13-25/h7-9,16,19H,3-6,10-15H2,1-2H3. The Morgan fingerprint density at radius 2 is 1.83 bits per heavy atom. The van der Waals surface area contributed by atoms with Crippen LogP contribution in [0.25, 0.3) is 10.6 Å². The Morgan fingerprint density at radius 3 is 2.52 bits per heavy atom. The van der Waals surface area contributed by atoms with Gasteiger partial charge >= 0.3 is 0 Å². The van der Waals surface area contributed by atoms with Gasteiger partial charge in [-0.15, -0.1) is 23.1 Å². The first-order valence-corrected chi connectivity index (χ1v) is 12.8. The van der Waals surface area contributed by atoms with E-state index in [2.05, 4.69) is 40.3 Å². The molecule has 6 heteroatoms. The molecule has 4 rings (SSSR count). The van der Waals surface area contributed by atoms with Crippen molar-refractivity contribution < 1.29 is 4.79 Å². The molecule has 2 saturated heterocycles. The molecule has 1 aromatic heterocycles. The zero-order valence-electron chi connectivity index (χ0n) is 17.5. The van der Waals surface area contributed by atoms with Crippen LogP contribution in [0.3, 0.4) is 0 Å². The van der Waals surface area contributed by atoms with Gasteiger partial charge in [-0.3, -0.25) is 4.79 Å². The Bertz CT molecular complexity index is 834. The lowest BCUT2D eigenvalue weighted by molar-refractivity contribution is 0.0626. The summed E-state index contributed by atoms with van der Waals surface area (Å²) in [5.41, 5.74) is 1.96. The molecule has 2 aliphatic rings. The molecule has 3 heterocycles. The minimum absolute atomic E-state index is 0.168. The molecule has 0 saturated carbocycles. The minimum atomic E-state index is 0.168. The van der Waals surface area contributed by atoms with E-state index in [1.807, 2.05) is 6.92 Å². The molecule has 0 atom stereocenters. The van der Waals surface area contributed by atoms with Crippen molar-refractivity contribution in [2.24, 2.45) is 0 Å². The van der Waals surface area contributed by atoms with Crippen LogP contribution in [-0.4, -0.2) is 59.2 Å². The molecule has 0 spiro atoms. The SMILES string of the molecule is CSc1cccc(-c2nc(C)c(C(=O)N3CCC(N4CCCCCC4)CC3)s2)c1. The van der Waals surface area contributed by atoms with Gasteiger partial charge in [-0.25, -0.2) is 4.98 Å². The third kappa shape index (κ3) is 4.86. The zero-order valence-corrected chi connectivity index (χ0v) is 19.2. The van der Waals surface area contributed by atoms with Crippen molar-refractivity contribution in [2.45, 2.75) is 56.4 Å². The number of piperidine rings is 1. The molecule has 1 amide bonds. The highest BCUT2D eigenvalue weighted by Crippen LogP contribution is 2.31. The molecule has 0 unspecified atom stereocenters. The third-order valence-corrected chi connectivity index (χ3v) is 8.14. The topological polar surface area (TPSA) is 36.4 Å². The van der Waals surface area contributed by atoms with E-state index < -0.39 is 0 Å². The summed E-state index contributed by atoms with van der Waals surface area (Å²) in [6.45, 7) is 6.19. The van der Waals surface area contributed by atoms with Crippen molar-refractivity contribution in [3.8, 4) is 10.6 Å². The van der Waals surface area contributed by atoms with E-state index in [4.69, 9.17) is 4.98 Å². The fourth-order valence-electron chi connectivity index (χ4n) is 4.51. The summed E-state index contributed by atoms with van der Waals surface area (Å²) < 4.78 is 0. The third-order valence-electron chi connectivity index (χ3n) is 6.22. The van der Waals surface area contributed by atoms with Gasteiger partial charge in [0.1, 0.15) is 9.88 Å². The summed E-state index contributed by atoms with van der Waals surface area (Å²) in [5, 5.41) is 0.946. The number of aromatic nitrogens is 1. The number of aryl methyl sites for hydroxylation is 1. The van der Waals surface area contributed by atoms with Crippen molar-refractivity contribution in [2.75, 3.05) is 32.4 Å². The molecule has 2 fully saturated rings. The van der Waals surface area contributed by atoms with E-state index in [0.29, 0.717) is 6.04 Å². The first-order chi connectivity index (χ1) is 14.2. The summed E-state index contributed by atoms with van der Waals surface area (Å²) in [5.74, 6) is 0.168. The second kappa shape index (κ2) is 9.63. The molecule has 156 valence electrons. The summed E-state index contributed by atoms with van der Waals surface area (Å²) >= 11 is 3.27. The monoisotopic (exact) mass is 429 g/mol. The van der Waals surface area contributed by atoms with Crippen LogP contribution in [0.4, 0.5) is 0 Å². The molecule has 2 aromatic rings. The predicted molar refractivity (Wildman–Crippen MR) is 123 cm³/mol. The number of thioether (sulfide) groups is 1. The molecule has 0 bridgehead atoms. The zero-order chi connectivity index (χ0) is 20.2. The molecule has 2 aliphatic heterocycles. The van der Waals surface area contributed by atoms with Crippen molar-refractivity contribution in [1.82, 2.24) is 14.8 Å². The maximum atomic E-state index is 13.2. The van der Waals surface area contributed by atoms with Crippen molar-refractivity contribution >= 4 is 29.0 Å². The molecule has 1 aromatic carbocycles. The quantitative estimate of drug-likeness (QED) is 0.616. The van der Waals surface area contributed by atoms with E-state index in [1.54, 1.807) is 23.1 Å². The maximum absolute atomic E-state index is 13.2. The van der Waals surface area contributed by atoms with Crippen LogP contribution < -0.4 is 0 Å². The summed E-state index contributed by atoms with van der Waals surface area (Å²) in [7, 11) is 0. The fraction of sp³-hybridized carbons (Fsp3) is 0.565. The number of rotatable bonds is 4. The Kier molecular flexibility index (Phi) is 6.93. The number of likely N-dealkylation sites (tertiary alicyclic amines) is 2. The largest absolute Gasteiger partial charge is 0.338 e. The van der Waals surface area contributed by atoms with Gasteiger partial charge in [0.15, 0.2) is 0 Å². The van der Waals surface area contributed by atoms with Crippen LogP contribution in [0.2, 0.25) is 0 Å². The second-order valence-electron chi connectivity index (χ2n) is 8.14. The van der Waals surface area contributed by atoms with Crippen LogP contribution in [0.5, 0.6) is 0 Å². The van der Waals surface area contributed by atoms with Crippen molar-refractivity contribution in [3.63, 3.8) is 0 Å². The number of amides is 1. The van der Waals surface area contributed by atoms with Gasteiger partial charge in [0.2, 0.25) is 0 Å². The van der Waals surface area contributed by atoms with Gasteiger partial charge in [0, 0.05) is 29.6 Å². The molecule has 0 aliphatic carbocycles. The number of hydrogen-bond acceptors (Lipinski definition) is 5. The summed E-state index contributed by atoms with van der Waals surface area (Å²) in [6.07, 6.45) is 9.70. The van der Waals surface area contributed by atoms with Gasteiger partial charge in [-0.1, -0.05) is 25.0 Å². The second-order valence-corrected chi connectivity index (χ2v) is 10.0. The summed E-state index contributed by atoms with van der Waals surface area (Å²) in [6, 6.07) is 9.06. The average molecular weight is 430 g/mol. The van der Waals surface area contributed by atoms with E-state index in [-0.39, 0.29) is 5.91 Å². The van der Waals surface area contributed by atoms with Crippen LogP contribution in [-0.2, 0) is 0 Å². The fourth-order valence-corrected chi connectivity index (χ4v) is 6.00. The van der Waals surface area contributed by atoms with Crippen LogP contribution in [0.1, 0.15) is 53.9 Å². The molecular weight excluding hydrogens is 398 g/mol. The van der Waals surface area contributed by atoms with E-state index in [0.717, 1.165) is 47.1 Å². The predicted octanol–water partition coefficient (Wildman–Crippen LogP) is 5.32. The van der Waals surface area contributed by atoms with E-state index in [9.17, 15) is 4.79 Å². The molecule has 0 N–H and O–H groups in total. The number of benzene rings is 1. The highest BCUT2D eigenvalue weighted by Gasteiger charge is 2.29. The smallest absolute Gasteiger partial charge is 0.265 e. The number of hydrogen-bond donors (Lipinski definition) is 0. The molecule has 4 nitrogen and oxygen atoms in total. The lowest BCUT2D eigenvalue weighted by atomic mass is 10.0. The van der Waals surface area contributed by atoms with Crippen LogP contribution in [0, 0.1) is 6.92 Å². The first-order valence-electron chi connectivity index (χ1n) is 10.8. The Labute approximate surface area is 182 Å².